The number of halogens is 2. The number of hydrazine groups is 1. The molecule has 94 valence electrons. The summed E-state index contributed by atoms with van der Waals surface area (Å²) in [5, 5.41) is 0. The van der Waals surface area contributed by atoms with Gasteiger partial charge in [-0.3, -0.25) is 11.3 Å². The second-order valence-electron chi connectivity index (χ2n) is 4.07. The van der Waals surface area contributed by atoms with Gasteiger partial charge in [0.15, 0.2) is 0 Å². The van der Waals surface area contributed by atoms with E-state index in [0.29, 0.717) is 0 Å². The first-order valence-corrected chi connectivity index (χ1v) is 7.24. The number of benzene rings is 2. The van der Waals surface area contributed by atoms with Crippen LogP contribution in [0.15, 0.2) is 57.5 Å². The first-order valence-electron chi connectivity index (χ1n) is 5.65. The summed E-state index contributed by atoms with van der Waals surface area (Å²) in [6.07, 6.45) is 0.847. The molecule has 0 aromatic heterocycles. The summed E-state index contributed by atoms with van der Waals surface area (Å²) >= 11 is 7.00. The van der Waals surface area contributed by atoms with E-state index in [9.17, 15) is 0 Å². The first kappa shape index (κ1) is 13.7. The van der Waals surface area contributed by atoms with Crippen molar-refractivity contribution in [1.82, 2.24) is 5.43 Å². The van der Waals surface area contributed by atoms with Crippen LogP contribution < -0.4 is 11.3 Å². The molecule has 3 N–H and O–H groups in total. The Hall–Kier alpha value is -0.680. The van der Waals surface area contributed by atoms with E-state index in [1.54, 1.807) is 0 Å². The predicted molar refractivity (Wildman–Crippen MR) is 82.1 cm³/mol. The van der Waals surface area contributed by atoms with Gasteiger partial charge in [-0.1, -0.05) is 62.2 Å². The topological polar surface area (TPSA) is 38.0 Å². The maximum atomic E-state index is 5.66. The Labute approximate surface area is 124 Å². The molecule has 0 spiro atoms. The summed E-state index contributed by atoms with van der Waals surface area (Å²) in [5.41, 5.74) is 5.29. The third kappa shape index (κ3) is 3.42. The van der Waals surface area contributed by atoms with Gasteiger partial charge in [-0.15, -0.1) is 0 Å². The van der Waals surface area contributed by atoms with Crippen molar-refractivity contribution in [2.45, 2.75) is 12.5 Å². The van der Waals surface area contributed by atoms with Crippen molar-refractivity contribution < 1.29 is 0 Å². The largest absolute Gasteiger partial charge is 0.271 e. The number of nitrogens with one attached hydrogen (secondary N) is 1. The Morgan fingerprint density at radius 3 is 2.28 bits per heavy atom. The fourth-order valence-corrected chi connectivity index (χ4v) is 2.56. The van der Waals surface area contributed by atoms with Gasteiger partial charge in [-0.05, 0) is 35.7 Å². The molecule has 1 atom stereocenters. The molecule has 4 heteroatoms. The normalized spacial score (nSPS) is 12.4. The summed E-state index contributed by atoms with van der Waals surface area (Å²) in [7, 11) is 0. The SMILES string of the molecule is NNC(Cc1ccccc1Br)c1ccc(Br)cc1. The molecule has 18 heavy (non-hydrogen) atoms. The molecule has 2 aromatic carbocycles. The summed E-state index contributed by atoms with van der Waals surface area (Å²) in [6.45, 7) is 0. The fraction of sp³-hybridized carbons (Fsp3) is 0.143. The Morgan fingerprint density at radius 1 is 1.00 bits per heavy atom. The van der Waals surface area contributed by atoms with Gasteiger partial charge in [0.25, 0.3) is 0 Å². The van der Waals surface area contributed by atoms with Crippen LogP contribution in [0.5, 0.6) is 0 Å². The fourth-order valence-electron chi connectivity index (χ4n) is 1.85. The van der Waals surface area contributed by atoms with Crippen molar-refractivity contribution in [3.8, 4) is 0 Å². The average Bonchev–Trinajstić information content (AvgIpc) is 2.39. The number of rotatable bonds is 4. The van der Waals surface area contributed by atoms with Gasteiger partial charge in [-0.2, -0.15) is 0 Å². The van der Waals surface area contributed by atoms with Crippen LogP contribution in [-0.4, -0.2) is 0 Å². The summed E-state index contributed by atoms with van der Waals surface area (Å²) < 4.78 is 2.19. The lowest BCUT2D eigenvalue weighted by Crippen LogP contribution is -2.29. The lowest BCUT2D eigenvalue weighted by atomic mass is 9.99. The van der Waals surface area contributed by atoms with Crippen LogP contribution in [0.1, 0.15) is 17.2 Å². The molecule has 0 aliphatic carbocycles. The maximum absolute atomic E-state index is 5.66. The Morgan fingerprint density at radius 2 is 1.67 bits per heavy atom. The highest BCUT2D eigenvalue weighted by molar-refractivity contribution is 9.10. The van der Waals surface area contributed by atoms with Crippen molar-refractivity contribution in [2.75, 3.05) is 0 Å². The minimum Gasteiger partial charge on any atom is -0.271 e. The van der Waals surface area contributed by atoms with E-state index in [0.717, 1.165) is 15.4 Å². The van der Waals surface area contributed by atoms with Crippen LogP contribution in [-0.2, 0) is 6.42 Å². The number of hydrogen-bond acceptors (Lipinski definition) is 2. The van der Waals surface area contributed by atoms with Crippen LogP contribution in [0.25, 0.3) is 0 Å². The van der Waals surface area contributed by atoms with Crippen molar-refractivity contribution in [3.63, 3.8) is 0 Å². The molecular formula is C14H14Br2N2. The third-order valence-electron chi connectivity index (χ3n) is 2.86. The van der Waals surface area contributed by atoms with E-state index in [2.05, 4.69) is 55.5 Å². The van der Waals surface area contributed by atoms with Crippen LogP contribution in [0, 0.1) is 0 Å². The van der Waals surface area contributed by atoms with E-state index >= 15 is 0 Å². The zero-order chi connectivity index (χ0) is 13.0. The quantitative estimate of drug-likeness (QED) is 0.632. The second kappa shape index (κ2) is 6.48. The highest BCUT2D eigenvalue weighted by Crippen LogP contribution is 2.24. The summed E-state index contributed by atoms with van der Waals surface area (Å²) in [4.78, 5) is 0. The standard InChI is InChI=1S/C14H14Br2N2/c15-12-7-5-10(6-8-12)14(18-17)9-11-3-1-2-4-13(11)16/h1-8,14,18H,9,17H2. The minimum atomic E-state index is 0.108. The molecule has 0 aliphatic heterocycles. The van der Waals surface area contributed by atoms with Gasteiger partial charge in [-0.25, -0.2) is 0 Å². The van der Waals surface area contributed by atoms with Crippen LogP contribution in [0.2, 0.25) is 0 Å². The first-order chi connectivity index (χ1) is 8.70. The highest BCUT2D eigenvalue weighted by atomic mass is 79.9. The molecule has 0 saturated carbocycles. The van der Waals surface area contributed by atoms with Gasteiger partial charge in [0.2, 0.25) is 0 Å². The van der Waals surface area contributed by atoms with Crippen molar-refractivity contribution in [3.05, 3.63) is 68.6 Å². The van der Waals surface area contributed by atoms with E-state index in [1.165, 1.54) is 11.1 Å². The second-order valence-corrected chi connectivity index (χ2v) is 5.84. The van der Waals surface area contributed by atoms with Crippen molar-refractivity contribution in [1.29, 1.82) is 0 Å². The van der Waals surface area contributed by atoms with Crippen LogP contribution >= 0.6 is 31.9 Å². The minimum absolute atomic E-state index is 0.108. The number of nitrogens with two attached hydrogens (primary N) is 1. The Balaban J connectivity index is 2.20. The highest BCUT2D eigenvalue weighted by Gasteiger charge is 2.11. The van der Waals surface area contributed by atoms with Crippen molar-refractivity contribution >= 4 is 31.9 Å². The monoisotopic (exact) mass is 368 g/mol. The number of hydrogen-bond donors (Lipinski definition) is 2. The smallest absolute Gasteiger partial charge is 0.0500 e. The molecule has 0 aliphatic rings. The molecule has 0 bridgehead atoms. The molecular weight excluding hydrogens is 356 g/mol. The van der Waals surface area contributed by atoms with Gasteiger partial charge in [0, 0.05) is 8.95 Å². The predicted octanol–water partition coefficient (Wildman–Crippen LogP) is 3.96. The lowest BCUT2D eigenvalue weighted by molar-refractivity contribution is 0.551. The van der Waals surface area contributed by atoms with E-state index in [1.807, 2.05) is 30.3 Å². The van der Waals surface area contributed by atoms with Crippen LogP contribution in [0.3, 0.4) is 0 Å². The lowest BCUT2D eigenvalue weighted by Gasteiger charge is -2.17. The molecule has 0 radical (unpaired) electrons. The van der Waals surface area contributed by atoms with E-state index in [-0.39, 0.29) is 6.04 Å². The van der Waals surface area contributed by atoms with Gasteiger partial charge in [0.05, 0.1) is 6.04 Å². The van der Waals surface area contributed by atoms with E-state index < -0.39 is 0 Å². The maximum Gasteiger partial charge on any atom is 0.0500 e. The van der Waals surface area contributed by atoms with Gasteiger partial charge < -0.3 is 0 Å². The Kier molecular flexibility index (Phi) is 4.95. The van der Waals surface area contributed by atoms with Gasteiger partial charge >= 0.3 is 0 Å². The van der Waals surface area contributed by atoms with Crippen molar-refractivity contribution in [2.24, 2.45) is 5.84 Å². The average molecular weight is 370 g/mol. The molecule has 0 saturated heterocycles. The third-order valence-corrected chi connectivity index (χ3v) is 4.16. The Bertz CT molecular complexity index is 511. The molecule has 0 heterocycles. The van der Waals surface area contributed by atoms with Gasteiger partial charge in [0.1, 0.15) is 0 Å². The molecule has 0 amide bonds. The molecule has 2 rings (SSSR count). The van der Waals surface area contributed by atoms with E-state index in [4.69, 9.17) is 5.84 Å². The van der Waals surface area contributed by atoms with Crippen LogP contribution in [0.4, 0.5) is 0 Å². The molecule has 2 nitrogen and oxygen atoms in total. The molecule has 0 fully saturated rings. The molecule has 2 aromatic rings. The molecule has 1 unspecified atom stereocenters. The zero-order valence-corrected chi connectivity index (χ0v) is 12.9. The summed E-state index contributed by atoms with van der Waals surface area (Å²) in [5.74, 6) is 5.66. The summed E-state index contributed by atoms with van der Waals surface area (Å²) in [6, 6.07) is 16.5. The zero-order valence-electron chi connectivity index (χ0n) is 9.74.